The summed E-state index contributed by atoms with van der Waals surface area (Å²) in [4.78, 5) is 9.39. The van der Waals surface area contributed by atoms with Crippen LogP contribution in [0.3, 0.4) is 0 Å². The van der Waals surface area contributed by atoms with E-state index in [-0.39, 0.29) is 6.10 Å². The third-order valence-corrected chi connectivity index (χ3v) is 4.01. The van der Waals surface area contributed by atoms with Crippen LogP contribution in [-0.4, -0.2) is 16.9 Å². The number of allylic oxidation sites excluding steroid dienone is 2. The van der Waals surface area contributed by atoms with Gasteiger partial charge in [-0.15, -0.1) is 0 Å². The number of halogens is 4. The SMILES string of the molecule is C=C(/N=C\C(C)=C(/C)Nc1cccc(C(F)(F)F)c1)[C@H]1CC(Br)=NO1. The van der Waals surface area contributed by atoms with Crippen molar-refractivity contribution >= 4 is 32.5 Å². The average molecular weight is 416 g/mol. The Morgan fingerprint density at radius 1 is 1.44 bits per heavy atom. The molecule has 0 amide bonds. The second kappa shape index (κ2) is 7.86. The number of nitrogens with zero attached hydrogens (tertiary/aromatic N) is 2. The largest absolute Gasteiger partial charge is 0.416 e. The van der Waals surface area contributed by atoms with E-state index in [4.69, 9.17) is 4.84 Å². The van der Waals surface area contributed by atoms with Crippen LogP contribution in [0.15, 0.2) is 58.0 Å². The first-order valence-corrected chi connectivity index (χ1v) is 8.19. The molecule has 0 radical (unpaired) electrons. The summed E-state index contributed by atoms with van der Waals surface area (Å²) in [5, 5.41) is 6.72. The Hall–Kier alpha value is -2.09. The van der Waals surface area contributed by atoms with E-state index in [1.165, 1.54) is 6.07 Å². The van der Waals surface area contributed by atoms with Crippen LogP contribution in [0.1, 0.15) is 25.8 Å². The van der Waals surface area contributed by atoms with E-state index >= 15 is 0 Å². The summed E-state index contributed by atoms with van der Waals surface area (Å²) >= 11 is 3.24. The molecule has 1 aromatic rings. The van der Waals surface area contributed by atoms with Crippen molar-refractivity contribution < 1.29 is 18.0 Å². The fraction of sp³-hybridized carbons (Fsp3) is 0.294. The molecule has 1 aromatic carbocycles. The summed E-state index contributed by atoms with van der Waals surface area (Å²) in [7, 11) is 0. The minimum atomic E-state index is -4.37. The van der Waals surface area contributed by atoms with E-state index in [0.29, 0.717) is 28.1 Å². The smallest absolute Gasteiger partial charge is 0.385 e. The quantitative estimate of drug-likeness (QED) is 0.645. The molecule has 0 unspecified atom stereocenters. The number of hydrogen-bond donors (Lipinski definition) is 1. The molecule has 8 heteroatoms. The van der Waals surface area contributed by atoms with Crippen LogP contribution in [0.25, 0.3) is 0 Å². The lowest BCUT2D eigenvalue weighted by atomic mass is 10.2. The van der Waals surface area contributed by atoms with Crippen molar-refractivity contribution in [2.24, 2.45) is 10.1 Å². The molecule has 0 aromatic heterocycles. The van der Waals surface area contributed by atoms with Gasteiger partial charge in [-0.2, -0.15) is 13.2 Å². The standard InChI is InChI=1S/C17H17BrF3N3O/c1-10(9-22-12(3)15-8-16(18)24-25-15)11(2)23-14-6-4-5-13(7-14)17(19,20)21/h4-7,9,15,23H,3,8H2,1-2H3/b11-10+,22-9-/t15-/m1/s1. The molecule has 0 bridgehead atoms. The van der Waals surface area contributed by atoms with Crippen LogP contribution in [0.5, 0.6) is 0 Å². The summed E-state index contributed by atoms with van der Waals surface area (Å²) < 4.78 is 39.0. The molecule has 1 aliphatic rings. The van der Waals surface area contributed by atoms with Gasteiger partial charge in [-0.1, -0.05) is 17.8 Å². The van der Waals surface area contributed by atoms with Crippen molar-refractivity contribution in [1.29, 1.82) is 0 Å². The normalized spacial score (nSPS) is 18.6. The minimum absolute atomic E-state index is 0.310. The van der Waals surface area contributed by atoms with Gasteiger partial charge in [-0.05, 0) is 53.5 Å². The number of alkyl halides is 3. The lowest BCUT2D eigenvalue weighted by Crippen LogP contribution is -2.08. The van der Waals surface area contributed by atoms with Crippen LogP contribution >= 0.6 is 15.9 Å². The van der Waals surface area contributed by atoms with E-state index in [9.17, 15) is 13.2 Å². The Balaban J connectivity index is 2.04. The summed E-state index contributed by atoms with van der Waals surface area (Å²) in [5.41, 5.74) is 1.62. The monoisotopic (exact) mass is 415 g/mol. The van der Waals surface area contributed by atoms with E-state index in [1.807, 2.05) is 0 Å². The van der Waals surface area contributed by atoms with Crippen LogP contribution in [0, 0.1) is 0 Å². The van der Waals surface area contributed by atoms with Crippen molar-refractivity contribution in [1.82, 2.24) is 0 Å². The number of oxime groups is 1. The maximum atomic E-state index is 12.8. The predicted octanol–water partition coefficient (Wildman–Crippen LogP) is 5.49. The van der Waals surface area contributed by atoms with E-state index in [2.05, 4.69) is 38.0 Å². The number of benzene rings is 1. The van der Waals surface area contributed by atoms with Gasteiger partial charge in [-0.25, -0.2) is 0 Å². The highest BCUT2D eigenvalue weighted by Gasteiger charge is 2.30. The molecule has 25 heavy (non-hydrogen) atoms. The first kappa shape index (κ1) is 19.2. The second-order valence-electron chi connectivity index (χ2n) is 5.53. The van der Waals surface area contributed by atoms with E-state index < -0.39 is 11.7 Å². The van der Waals surface area contributed by atoms with Gasteiger partial charge in [0.05, 0.1) is 11.3 Å². The third kappa shape index (κ3) is 5.45. The molecule has 1 heterocycles. The van der Waals surface area contributed by atoms with Crippen molar-refractivity contribution in [3.05, 3.63) is 53.4 Å². The van der Waals surface area contributed by atoms with Crippen LogP contribution < -0.4 is 5.32 Å². The molecule has 134 valence electrons. The minimum Gasteiger partial charge on any atom is -0.385 e. The molecule has 0 saturated heterocycles. The van der Waals surface area contributed by atoms with Gasteiger partial charge < -0.3 is 10.2 Å². The van der Waals surface area contributed by atoms with Gasteiger partial charge in [0.25, 0.3) is 0 Å². The second-order valence-corrected chi connectivity index (χ2v) is 6.44. The zero-order valence-corrected chi connectivity index (χ0v) is 15.3. The number of nitrogens with one attached hydrogen (secondary N) is 1. The molecular weight excluding hydrogens is 399 g/mol. The summed E-state index contributed by atoms with van der Waals surface area (Å²) in [6, 6.07) is 5.03. The van der Waals surface area contributed by atoms with E-state index in [0.717, 1.165) is 17.7 Å². The molecule has 1 atom stereocenters. The Morgan fingerprint density at radius 3 is 2.76 bits per heavy atom. The Morgan fingerprint density at radius 2 is 2.16 bits per heavy atom. The Bertz CT molecular complexity index is 754. The zero-order chi connectivity index (χ0) is 18.6. The molecule has 0 saturated carbocycles. The lowest BCUT2D eigenvalue weighted by Gasteiger charge is -2.12. The Labute approximate surface area is 152 Å². The maximum absolute atomic E-state index is 12.8. The fourth-order valence-corrected chi connectivity index (χ4v) is 2.35. The van der Waals surface area contributed by atoms with Gasteiger partial charge in [-0.3, -0.25) is 4.99 Å². The van der Waals surface area contributed by atoms with Gasteiger partial charge in [0, 0.05) is 24.0 Å². The van der Waals surface area contributed by atoms with Gasteiger partial charge in [0.1, 0.15) is 4.62 Å². The molecule has 1 N–H and O–H groups in total. The van der Waals surface area contributed by atoms with Gasteiger partial charge in [0.2, 0.25) is 0 Å². The van der Waals surface area contributed by atoms with Crippen molar-refractivity contribution in [2.75, 3.05) is 5.32 Å². The molecule has 1 aliphatic heterocycles. The summed E-state index contributed by atoms with van der Waals surface area (Å²) in [5.74, 6) is 0. The van der Waals surface area contributed by atoms with Gasteiger partial charge >= 0.3 is 6.18 Å². The first-order chi connectivity index (χ1) is 11.7. The molecule has 0 fully saturated rings. The Kier molecular flexibility index (Phi) is 6.05. The molecule has 2 rings (SSSR count). The number of rotatable bonds is 5. The maximum Gasteiger partial charge on any atom is 0.416 e. The topological polar surface area (TPSA) is 46.0 Å². The highest BCUT2D eigenvalue weighted by molar-refractivity contribution is 9.18. The third-order valence-electron chi connectivity index (χ3n) is 3.54. The average Bonchev–Trinajstić information content (AvgIpc) is 2.98. The molecule has 0 aliphatic carbocycles. The number of hydrogen-bond acceptors (Lipinski definition) is 4. The van der Waals surface area contributed by atoms with Crippen molar-refractivity contribution in [3.8, 4) is 0 Å². The van der Waals surface area contributed by atoms with Crippen LogP contribution in [0.2, 0.25) is 0 Å². The predicted molar refractivity (Wildman–Crippen MR) is 96.9 cm³/mol. The summed E-state index contributed by atoms with van der Waals surface area (Å²) in [6.07, 6.45) is -2.52. The molecule has 0 spiro atoms. The van der Waals surface area contributed by atoms with Crippen LogP contribution in [-0.2, 0) is 11.0 Å². The van der Waals surface area contributed by atoms with Crippen molar-refractivity contribution in [2.45, 2.75) is 32.5 Å². The van der Waals surface area contributed by atoms with E-state index in [1.54, 1.807) is 26.1 Å². The fourth-order valence-electron chi connectivity index (χ4n) is 1.98. The van der Waals surface area contributed by atoms with Gasteiger partial charge in [0.15, 0.2) is 6.10 Å². The van der Waals surface area contributed by atoms with Crippen molar-refractivity contribution in [3.63, 3.8) is 0 Å². The van der Waals surface area contributed by atoms with Crippen LogP contribution in [0.4, 0.5) is 18.9 Å². The number of aliphatic imine (C=N–C) groups is 1. The molecular formula is C17H17BrF3N3O. The highest BCUT2D eigenvalue weighted by Crippen LogP contribution is 2.31. The lowest BCUT2D eigenvalue weighted by molar-refractivity contribution is -0.137. The number of anilines is 1. The first-order valence-electron chi connectivity index (χ1n) is 7.39. The molecule has 4 nitrogen and oxygen atoms in total. The highest BCUT2D eigenvalue weighted by atomic mass is 79.9. The zero-order valence-electron chi connectivity index (χ0n) is 13.7. The summed E-state index contributed by atoms with van der Waals surface area (Å²) in [6.45, 7) is 7.40.